The average Bonchev–Trinajstić information content (AvgIpc) is 3.33. The first kappa shape index (κ1) is 42.8. The molecule has 3 heterocycles. The zero-order chi connectivity index (χ0) is 35.2. The highest BCUT2D eigenvalue weighted by molar-refractivity contribution is 7.16. The van der Waals surface area contributed by atoms with E-state index in [1.54, 1.807) is 30.5 Å². The first-order valence-corrected chi connectivity index (χ1v) is 15.1. The van der Waals surface area contributed by atoms with Crippen LogP contribution in [0.2, 0.25) is 0 Å². The van der Waals surface area contributed by atoms with Crippen LogP contribution in [-0.4, -0.2) is 69.0 Å². The van der Waals surface area contributed by atoms with Crippen molar-refractivity contribution in [2.45, 2.75) is 44.4 Å². The van der Waals surface area contributed by atoms with E-state index in [0.29, 0.717) is 11.4 Å². The highest BCUT2D eigenvalue weighted by Gasteiger charge is 2.43. The Morgan fingerprint density at radius 2 is 1.70 bits per heavy atom. The highest BCUT2D eigenvalue weighted by atomic mass is 31.1. The number of hydrogen-bond donors (Lipinski definition) is 7. The molecule has 1 saturated heterocycles. The van der Waals surface area contributed by atoms with Gasteiger partial charge in [-0.2, -0.15) is 0 Å². The van der Waals surface area contributed by atoms with Crippen LogP contribution in [-0.2, 0) is 15.8 Å². The van der Waals surface area contributed by atoms with Crippen molar-refractivity contribution >= 4 is 33.3 Å². The summed E-state index contributed by atoms with van der Waals surface area (Å²) in [5.74, 6) is 0. The summed E-state index contributed by atoms with van der Waals surface area (Å²) in [6.07, 6.45) is 3.75. The number of nitrogens with two attached hydrogens (primary N) is 1. The number of aromatic nitrogens is 3. The largest absolute Gasteiger partial charge is 0.399 e. The molecule has 0 bridgehead atoms. The van der Waals surface area contributed by atoms with Crippen LogP contribution in [0.25, 0.3) is 11.1 Å². The number of benzene rings is 1. The standard InChI is InChI=1S/C22H24N4O6.C7H10.HO2P.2H3OP/c23-15-3-1-13(2-4-15)14-5-8-24-16(11-14)12-26-18(28)6-9-25(22(26)31)21-20(30)19(29)17(32-21)7-10-27;1-4-5-6-7(2)3;1-3-2;2*1-2/h1-6,8-9,11,17,19-21,27,29-30H,7,10,12,23H2;4-6H,1-2H2,3H3;(H,1,2);2*1H,2H2/b;6-5-;;;. The maximum absolute atomic E-state index is 13.1. The first-order valence-electron chi connectivity index (χ1n) is 13.3. The number of nitrogen functional groups attached to an aromatic ring is 1. The molecule has 46 heavy (non-hydrogen) atoms. The van der Waals surface area contributed by atoms with E-state index >= 15 is 0 Å². The molecule has 14 nitrogen and oxygen atoms in total. The Labute approximate surface area is 272 Å². The number of pyridine rings is 1. The van der Waals surface area contributed by atoms with Gasteiger partial charge in [0.25, 0.3) is 5.56 Å². The van der Waals surface area contributed by atoms with E-state index in [0.717, 1.165) is 25.8 Å². The second kappa shape index (κ2) is 24.0. The van der Waals surface area contributed by atoms with Gasteiger partial charge >= 0.3 is 14.4 Å². The van der Waals surface area contributed by atoms with Crippen LogP contribution in [0.15, 0.2) is 101 Å². The minimum atomic E-state index is -1.39. The van der Waals surface area contributed by atoms with Gasteiger partial charge < -0.3 is 40.5 Å². The zero-order valence-electron chi connectivity index (χ0n) is 25.1. The molecule has 252 valence electrons. The molecule has 0 saturated carbocycles. The third-order valence-electron chi connectivity index (χ3n) is 6.02. The van der Waals surface area contributed by atoms with Crippen LogP contribution in [0, 0.1) is 0 Å². The van der Waals surface area contributed by atoms with Gasteiger partial charge in [-0.15, -0.1) is 0 Å². The minimum Gasteiger partial charge on any atom is -0.399 e. The van der Waals surface area contributed by atoms with Crippen molar-refractivity contribution in [3.63, 3.8) is 0 Å². The number of nitrogens with zero attached hydrogens (tertiary/aromatic N) is 3. The van der Waals surface area contributed by atoms with Crippen molar-refractivity contribution in [2.24, 2.45) is 0 Å². The summed E-state index contributed by atoms with van der Waals surface area (Å²) in [6, 6.07) is 12.1. The van der Waals surface area contributed by atoms with E-state index in [9.17, 15) is 19.8 Å². The van der Waals surface area contributed by atoms with E-state index in [1.165, 1.54) is 31.2 Å². The third-order valence-corrected chi connectivity index (χ3v) is 6.02. The minimum absolute atomic E-state index is 0.0905. The van der Waals surface area contributed by atoms with Gasteiger partial charge in [-0.3, -0.25) is 18.9 Å². The Morgan fingerprint density at radius 1 is 1.09 bits per heavy atom. The lowest BCUT2D eigenvalue weighted by Crippen LogP contribution is -2.43. The van der Waals surface area contributed by atoms with Gasteiger partial charge in [-0.05, 0) is 67.7 Å². The molecular formula is C29H41N4O10P3. The fourth-order valence-electron chi connectivity index (χ4n) is 4.01. The van der Waals surface area contributed by atoms with Crippen LogP contribution < -0.4 is 17.0 Å². The summed E-state index contributed by atoms with van der Waals surface area (Å²) in [6.45, 7) is 8.77. The van der Waals surface area contributed by atoms with Crippen molar-refractivity contribution in [2.75, 3.05) is 12.3 Å². The summed E-state index contributed by atoms with van der Waals surface area (Å²) in [7, 11) is 2.00. The Bertz CT molecular complexity index is 1500. The Hall–Kier alpha value is -3.25. The number of hydrogen-bond acceptors (Lipinski definition) is 11. The monoisotopic (exact) mass is 698 g/mol. The molecule has 2 aromatic heterocycles. The lowest BCUT2D eigenvalue weighted by atomic mass is 10.1. The van der Waals surface area contributed by atoms with Gasteiger partial charge in [-0.25, -0.2) is 9.36 Å². The van der Waals surface area contributed by atoms with Gasteiger partial charge in [0.1, 0.15) is 12.2 Å². The molecule has 0 spiro atoms. The molecule has 0 radical (unpaired) electrons. The Balaban J connectivity index is 0.00000124. The van der Waals surface area contributed by atoms with Crippen LogP contribution >= 0.6 is 27.6 Å². The van der Waals surface area contributed by atoms with Gasteiger partial charge in [0.2, 0.25) is 0 Å². The summed E-state index contributed by atoms with van der Waals surface area (Å²) in [5.41, 5.74) is 8.43. The number of anilines is 1. The third kappa shape index (κ3) is 13.6. The number of aliphatic hydroxyl groups is 3. The quantitative estimate of drug-likeness (QED) is 0.101. The number of allylic oxidation sites excluding steroid dienone is 4. The lowest BCUT2D eigenvalue weighted by Gasteiger charge is -2.18. The van der Waals surface area contributed by atoms with Gasteiger partial charge in [0, 0.05) is 30.8 Å². The van der Waals surface area contributed by atoms with Crippen LogP contribution in [0.5, 0.6) is 0 Å². The average molecular weight is 699 g/mol. The fraction of sp³-hybridized carbons (Fsp3) is 0.276. The molecule has 4 rings (SSSR count). The van der Waals surface area contributed by atoms with Crippen LogP contribution in [0.3, 0.4) is 0 Å². The smallest absolute Gasteiger partial charge is 0.333 e. The van der Waals surface area contributed by atoms with Crippen molar-refractivity contribution in [1.29, 1.82) is 0 Å². The van der Waals surface area contributed by atoms with Gasteiger partial charge in [-0.1, -0.05) is 49.1 Å². The van der Waals surface area contributed by atoms with Crippen molar-refractivity contribution in [3.05, 3.63) is 118 Å². The van der Waals surface area contributed by atoms with Crippen LogP contribution in [0.4, 0.5) is 5.69 Å². The molecule has 1 fully saturated rings. The van der Waals surface area contributed by atoms with Crippen molar-refractivity contribution < 1.29 is 39.3 Å². The summed E-state index contributed by atoms with van der Waals surface area (Å²) in [4.78, 5) is 50.6. The molecule has 1 aromatic carbocycles. The molecule has 0 aliphatic carbocycles. The predicted molar refractivity (Wildman–Crippen MR) is 184 cm³/mol. The number of ether oxygens (including phenoxy) is 1. The maximum Gasteiger partial charge on any atom is 0.333 e. The first-order chi connectivity index (χ1) is 22.1. The molecule has 6 unspecified atom stereocenters. The summed E-state index contributed by atoms with van der Waals surface area (Å²) in [5, 5.41) is 29.6. The van der Waals surface area contributed by atoms with E-state index in [2.05, 4.69) is 18.1 Å². The Kier molecular flexibility index (Phi) is 22.3. The second-order valence-electron chi connectivity index (χ2n) is 9.17. The van der Waals surface area contributed by atoms with Crippen molar-refractivity contribution in [1.82, 2.24) is 14.1 Å². The molecule has 3 aromatic rings. The molecular weight excluding hydrogens is 657 g/mol. The predicted octanol–water partition coefficient (Wildman–Crippen LogP) is 1.73. The summed E-state index contributed by atoms with van der Waals surface area (Å²) >= 11 is 0. The van der Waals surface area contributed by atoms with E-state index in [4.69, 9.17) is 34.8 Å². The maximum atomic E-state index is 13.1. The summed E-state index contributed by atoms with van der Waals surface area (Å²) < 4.78 is 16.1. The molecule has 0 amide bonds. The van der Waals surface area contributed by atoms with Crippen LogP contribution in [0.1, 0.15) is 25.3 Å². The number of aliphatic hydroxyl groups excluding tert-OH is 3. The molecule has 1 aliphatic heterocycles. The van der Waals surface area contributed by atoms with Gasteiger partial charge in [0.05, 0.1) is 18.3 Å². The van der Waals surface area contributed by atoms with E-state index < -0.39 is 44.5 Å². The Morgan fingerprint density at radius 3 is 2.22 bits per heavy atom. The molecule has 8 N–H and O–H groups in total. The SMILES string of the molecule is C=C/C=C\C(=C)C.Nc1ccc(-c2ccnc(Cn3c(=O)ccn(C4OC(CCO)C(O)C4O)c3=O)c2)cc1.O=PO.OP.OP. The highest BCUT2D eigenvalue weighted by Crippen LogP contribution is 2.29. The fourth-order valence-corrected chi connectivity index (χ4v) is 4.01. The zero-order valence-corrected chi connectivity index (χ0v) is 28.3. The van der Waals surface area contributed by atoms with Gasteiger partial charge in [0.15, 0.2) is 6.23 Å². The van der Waals surface area contributed by atoms with E-state index in [1.807, 2.05) is 37.3 Å². The molecule has 17 heteroatoms. The van der Waals surface area contributed by atoms with E-state index in [-0.39, 0.29) is 19.6 Å². The second-order valence-corrected chi connectivity index (χ2v) is 9.33. The number of rotatable bonds is 8. The lowest BCUT2D eigenvalue weighted by molar-refractivity contribution is -0.0458. The molecule has 6 atom stereocenters. The van der Waals surface area contributed by atoms with Crippen molar-refractivity contribution in [3.8, 4) is 11.1 Å². The molecule has 1 aliphatic rings. The normalized spacial score (nSPS) is 18.0. The topological polar surface area (TPSA) is 231 Å².